The van der Waals surface area contributed by atoms with E-state index in [-0.39, 0.29) is 18.1 Å². The average Bonchev–Trinajstić information content (AvgIpc) is 3.20. The second-order valence-electron chi connectivity index (χ2n) is 5.97. The maximum absolute atomic E-state index is 12.7. The summed E-state index contributed by atoms with van der Waals surface area (Å²) in [5.41, 5.74) is 2.67. The Morgan fingerprint density at radius 2 is 1.77 bits per heavy atom. The molecule has 22 heavy (non-hydrogen) atoms. The maximum atomic E-state index is 12.7. The zero-order valence-corrected chi connectivity index (χ0v) is 12.4. The van der Waals surface area contributed by atoms with Gasteiger partial charge in [-0.25, -0.2) is 0 Å². The van der Waals surface area contributed by atoms with Crippen LogP contribution in [0, 0.1) is 6.92 Å². The third-order valence-electron chi connectivity index (χ3n) is 4.42. The first-order chi connectivity index (χ1) is 10.7. The first-order valence-electron chi connectivity index (χ1n) is 7.46. The number of anilines is 1. The molecule has 0 radical (unpaired) electrons. The number of hydrogen-bond acceptors (Lipinski definition) is 3. The minimum Gasteiger partial charge on any atom is -0.454 e. The molecule has 112 valence electrons. The third kappa shape index (κ3) is 2.11. The smallest absolute Gasteiger partial charge is 0.235 e. The fourth-order valence-corrected chi connectivity index (χ4v) is 2.87. The van der Waals surface area contributed by atoms with Gasteiger partial charge in [0.1, 0.15) is 0 Å². The van der Waals surface area contributed by atoms with Gasteiger partial charge < -0.3 is 14.8 Å². The number of rotatable bonds is 3. The van der Waals surface area contributed by atoms with Crippen molar-refractivity contribution in [2.45, 2.75) is 25.2 Å². The molecule has 1 aliphatic heterocycles. The molecule has 2 aromatic carbocycles. The summed E-state index contributed by atoms with van der Waals surface area (Å²) in [6.45, 7) is 2.29. The lowest BCUT2D eigenvalue weighted by atomic mass is 9.94. The first kappa shape index (κ1) is 13.2. The van der Waals surface area contributed by atoms with Crippen LogP contribution in [0.2, 0.25) is 0 Å². The Morgan fingerprint density at radius 3 is 2.50 bits per heavy atom. The van der Waals surface area contributed by atoms with Gasteiger partial charge in [0.15, 0.2) is 11.5 Å². The van der Waals surface area contributed by atoms with Crippen molar-refractivity contribution in [3.63, 3.8) is 0 Å². The van der Waals surface area contributed by atoms with E-state index in [4.69, 9.17) is 9.47 Å². The second-order valence-corrected chi connectivity index (χ2v) is 5.97. The largest absolute Gasteiger partial charge is 0.454 e. The minimum atomic E-state index is -0.371. The zero-order chi connectivity index (χ0) is 15.2. The Morgan fingerprint density at radius 1 is 1.05 bits per heavy atom. The molecule has 4 heteroatoms. The molecular weight excluding hydrogens is 278 g/mol. The molecule has 0 unspecified atom stereocenters. The van der Waals surface area contributed by atoms with Gasteiger partial charge in [0.25, 0.3) is 0 Å². The molecule has 1 saturated carbocycles. The van der Waals surface area contributed by atoms with E-state index in [1.807, 2.05) is 18.2 Å². The number of fused-ring (bicyclic) bond motifs is 1. The monoisotopic (exact) mass is 295 g/mol. The van der Waals surface area contributed by atoms with E-state index < -0.39 is 0 Å². The van der Waals surface area contributed by atoms with Crippen LogP contribution in [0.15, 0.2) is 42.5 Å². The van der Waals surface area contributed by atoms with Gasteiger partial charge in [-0.05, 0) is 37.5 Å². The van der Waals surface area contributed by atoms with Gasteiger partial charge >= 0.3 is 0 Å². The first-order valence-corrected chi connectivity index (χ1v) is 7.46. The highest BCUT2D eigenvalue weighted by Gasteiger charge is 2.51. The van der Waals surface area contributed by atoms with E-state index >= 15 is 0 Å². The highest BCUT2D eigenvalue weighted by atomic mass is 16.7. The van der Waals surface area contributed by atoms with Crippen LogP contribution < -0.4 is 14.8 Å². The minimum absolute atomic E-state index is 0.0511. The number of nitrogens with one attached hydrogen (secondary N) is 1. The van der Waals surface area contributed by atoms with E-state index in [0.717, 1.165) is 29.8 Å². The Kier molecular flexibility index (Phi) is 2.86. The van der Waals surface area contributed by atoms with Crippen molar-refractivity contribution in [2.24, 2.45) is 0 Å². The lowest BCUT2D eigenvalue weighted by Gasteiger charge is -2.16. The fourth-order valence-electron chi connectivity index (χ4n) is 2.87. The summed E-state index contributed by atoms with van der Waals surface area (Å²) in [6, 6.07) is 13.7. The van der Waals surface area contributed by atoms with Gasteiger partial charge in [0.05, 0.1) is 5.41 Å². The topological polar surface area (TPSA) is 47.6 Å². The van der Waals surface area contributed by atoms with Gasteiger partial charge in [0, 0.05) is 11.8 Å². The van der Waals surface area contributed by atoms with Crippen molar-refractivity contribution in [1.29, 1.82) is 0 Å². The zero-order valence-electron chi connectivity index (χ0n) is 12.4. The van der Waals surface area contributed by atoms with E-state index in [1.54, 1.807) is 0 Å². The maximum Gasteiger partial charge on any atom is 0.235 e. The highest BCUT2D eigenvalue weighted by Crippen LogP contribution is 2.49. The van der Waals surface area contributed by atoms with Crippen LogP contribution in [-0.2, 0) is 10.2 Å². The van der Waals surface area contributed by atoms with Gasteiger partial charge in [-0.2, -0.15) is 0 Å². The number of ether oxygens (including phenoxy) is 2. The summed E-state index contributed by atoms with van der Waals surface area (Å²) in [6.07, 6.45) is 1.79. The number of benzene rings is 2. The van der Waals surface area contributed by atoms with Crippen molar-refractivity contribution in [3.05, 3.63) is 53.6 Å². The lowest BCUT2D eigenvalue weighted by Crippen LogP contribution is -2.27. The van der Waals surface area contributed by atoms with Crippen molar-refractivity contribution in [3.8, 4) is 11.5 Å². The molecule has 0 spiro atoms. The molecule has 0 aromatic heterocycles. The number of aryl methyl sites for hydroxylation is 1. The normalized spacial score (nSPS) is 17.1. The van der Waals surface area contributed by atoms with Gasteiger partial charge in [-0.1, -0.05) is 29.8 Å². The molecule has 1 amide bonds. The molecule has 4 nitrogen and oxygen atoms in total. The number of hydrogen-bond donors (Lipinski definition) is 1. The van der Waals surface area contributed by atoms with Crippen molar-refractivity contribution < 1.29 is 14.3 Å². The summed E-state index contributed by atoms with van der Waals surface area (Å²) < 4.78 is 10.6. The second kappa shape index (κ2) is 4.77. The summed E-state index contributed by atoms with van der Waals surface area (Å²) >= 11 is 0. The summed E-state index contributed by atoms with van der Waals surface area (Å²) in [5.74, 6) is 1.45. The molecule has 0 atom stereocenters. The van der Waals surface area contributed by atoms with Gasteiger partial charge in [0.2, 0.25) is 12.7 Å². The molecule has 1 heterocycles. The quantitative estimate of drug-likeness (QED) is 0.944. The molecular formula is C18H17NO3. The predicted octanol–water partition coefficient (Wildman–Crippen LogP) is 3.39. The Balaban J connectivity index is 1.56. The Labute approximate surface area is 129 Å². The molecule has 1 N–H and O–H groups in total. The van der Waals surface area contributed by atoms with E-state index in [2.05, 4.69) is 36.5 Å². The molecule has 2 aromatic rings. The van der Waals surface area contributed by atoms with Crippen LogP contribution >= 0.6 is 0 Å². The van der Waals surface area contributed by atoms with Crippen LogP contribution in [0.3, 0.4) is 0 Å². The molecule has 0 bridgehead atoms. The third-order valence-corrected chi connectivity index (χ3v) is 4.42. The Hall–Kier alpha value is -2.49. The Bertz CT molecular complexity index is 732. The van der Waals surface area contributed by atoms with Crippen molar-refractivity contribution >= 4 is 11.6 Å². The van der Waals surface area contributed by atoms with E-state index in [0.29, 0.717) is 5.75 Å². The average molecular weight is 295 g/mol. The number of amides is 1. The lowest BCUT2D eigenvalue weighted by molar-refractivity contribution is -0.118. The summed E-state index contributed by atoms with van der Waals surface area (Å²) in [5, 5.41) is 3.01. The van der Waals surface area contributed by atoms with Crippen molar-refractivity contribution in [1.82, 2.24) is 0 Å². The van der Waals surface area contributed by atoms with Crippen LogP contribution in [0.5, 0.6) is 11.5 Å². The van der Waals surface area contributed by atoms with Crippen LogP contribution in [0.4, 0.5) is 5.69 Å². The van der Waals surface area contributed by atoms with E-state index in [1.165, 1.54) is 5.56 Å². The SMILES string of the molecule is Cc1ccc(C2(C(=O)Nc3ccc4c(c3)OCO4)CC2)cc1. The molecule has 4 rings (SSSR count). The van der Waals surface area contributed by atoms with Gasteiger partial charge in [-0.15, -0.1) is 0 Å². The summed E-state index contributed by atoms with van der Waals surface area (Å²) in [4.78, 5) is 12.7. The molecule has 1 aliphatic carbocycles. The number of carbonyl (C=O) groups is 1. The molecule has 0 saturated heterocycles. The van der Waals surface area contributed by atoms with Gasteiger partial charge in [-0.3, -0.25) is 4.79 Å². The predicted molar refractivity (Wildman–Crippen MR) is 83.3 cm³/mol. The molecule has 2 aliphatic rings. The molecule has 1 fully saturated rings. The highest BCUT2D eigenvalue weighted by molar-refractivity contribution is 6.01. The van der Waals surface area contributed by atoms with Crippen LogP contribution in [0.1, 0.15) is 24.0 Å². The van der Waals surface area contributed by atoms with E-state index in [9.17, 15) is 4.79 Å². The fraction of sp³-hybridized carbons (Fsp3) is 0.278. The summed E-state index contributed by atoms with van der Waals surface area (Å²) in [7, 11) is 0. The van der Waals surface area contributed by atoms with Crippen molar-refractivity contribution in [2.75, 3.05) is 12.1 Å². The van der Waals surface area contributed by atoms with Crippen LogP contribution in [-0.4, -0.2) is 12.7 Å². The number of carbonyl (C=O) groups excluding carboxylic acids is 1. The van der Waals surface area contributed by atoms with Crippen LogP contribution in [0.25, 0.3) is 0 Å². The standard InChI is InChI=1S/C18H17NO3/c1-12-2-4-13(5-3-12)18(8-9-18)17(20)19-14-6-7-15-16(10-14)22-11-21-15/h2-7,10H,8-9,11H2,1H3,(H,19,20).